The Hall–Kier alpha value is -5.29. The lowest BCUT2D eigenvalue weighted by atomic mass is 9.96. The van der Waals surface area contributed by atoms with Gasteiger partial charge in [0.1, 0.15) is 42.0 Å². The number of amides is 1. The first-order chi connectivity index (χ1) is 24.5. The average Bonchev–Trinajstić information content (AvgIpc) is 3.51. The van der Waals surface area contributed by atoms with Gasteiger partial charge in [-0.15, -0.1) is 0 Å². The van der Waals surface area contributed by atoms with Crippen LogP contribution in [0.3, 0.4) is 0 Å². The second-order valence-electron chi connectivity index (χ2n) is 12.7. The maximum absolute atomic E-state index is 13.5. The molecule has 0 aliphatic rings. The Morgan fingerprint density at radius 2 is 1.55 bits per heavy atom. The number of aromatic amines is 1. The van der Waals surface area contributed by atoms with Gasteiger partial charge in [-0.2, -0.15) is 0 Å². The number of para-hydroxylation sites is 1. The van der Waals surface area contributed by atoms with Crippen molar-refractivity contribution in [3.8, 4) is 22.6 Å². The normalized spacial score (nSPS) is 11.8. The Morgan fingerprint density at radius 3 is 2.24 bits per heavy atom. The summed E-state index contributed by atoms with van der Waals surface area (Å²) in [4.78, 5) is 43.1. The summed E-state index contributed by atoms with van der Waals surface area (Å²) >= 11 is 3.61. The summed E-state index contributed by atoms with van der Waals surface area (Å²) in [5.41, 5.74) is 3.68. The third-order valence-corrected chi connectivity index (χ3v) is 8.43. The molecule has 11 heteroatoms. The van der Waals surface area contributed by atoms with E-state index in [9.17, 15) is 14.4 Å². The number of benzene rings is 4. The molecule has 0 fully saturated rings. The molecular formula is C40H41BrN2O8. The van der Waals surface area contributed by atoms with E-state index in [1.54, 1.807) is 40.9 Å². The van der Waals surface area contributed by atoms with Crippen LogP contribution in [0.4, 0.5) is 4.79 Å². The molecule has 51 heavy (non-hydrogen) atoms. The van der Waals surface area contributed by atoms with Crippen molar-refractivity contribution in [2.24, 2.45) is 0 Å². The van der Waals surface area contributed by atoms with Crippen molar-refractivity contribution in [3.05, 3.63) is 118 Å². The van der Waals surface area contributed by atoms with Crippen molar-refractivity contribution >= 4 is 44.9 Å². The number of carbonyl (C=O) groups excluding carboxylic acids is 3. The van der Waals surface area contributed by atoms with Crippen LogP contribution in [0.5, 0.6) is 11.5 Å². The van der Waals surface area contributed by atoms with Crippen molar-refractivity contribution < 1.29 is 38.1 Å². The summed E-state index contributed by atoms with van der Waals surface area (Å²) in [5.74, 6) is 0.0646. The first kappa shape index (κ1) is 37.0. The standard InChI is InChI=1S/C40H41BrN2O8/c1-6-48-38(45)36-34(29-13-10-14-31(41)35(29)43-36)30-21-27(17-20-33(30)49-23-26-15-18-28(47-5)19-16-26)22-32(37(44)51-40(2,3)4)42-39(46)50-24-25-11-8-7-9-12-25/h7-21,32,43H,6,22-24H2,1-5H3,(H,42,46)/t32-/m0/s1. The highest BCUT2D eigenvalue weighted by atomic mass is 79.9. The van der Waals surface area contributed by atoms with E-state index in [0.29, 0.717) is 28.0 Å². The Labute approximate surface area is 305 Å². The first-order valence-electron chi connectivity index (χ1n) is 16.5. The summed E-state index contributed by atoms with van der Waals surface area (Å²) in [7, 11) is 1.61. The van der Waals surface area contributed by atoms with Gasteiger partial charge in [-0.05, 0) is 90.6 Å². The zero-order valence-electron chi connectivity index (χ0n) is 29.2. The molecule has 0 radical (unpaired) electrons. The topological polar surface area (TPSA) is 125 Å². The van der Waals surface area contributed by atoms with Crippen LogP contribution in [0, 0.1) is 0 Å². The largest absolute Gasteiger partial charge is 0.497 e. The zero-order chi connectivity index (χ0) is 36.5. The molecule has 1 aromatic heterocycles. The van der Waals surface area contributed by atoms with Crippen LogP contribution in [0.2, 0.25) is 0 Å². The van der Waals surface area contributed by atoms with Crippen LogP contribution in [0.1, 0.15) is 54.9 Å². The summed E-state index contributed by atoms with van der Waals surface area (Å²) in [6.07, 6.45) is -0.706. The van der Waals surface area contributed by atoms with Gasteiger partial charge in [0.2, 0.25) is 0 Å². The molecule has 10 nitrogen and oxygen atoms in total. The Kier molecular flexibility index (Phi) is 12.0. The van der Waals surface area contributed by atoms with Crippen LogP contribution < -0.4 is 14.8 Å². The number of ether oxygens (including phenoxy) is 5. The van der Waals surface area contributed by atoms with Gasteiger partial charge in [0.15, 0.2) is 0 Å². The molecule has 0 bridgehead atoms. The number of halogens is 1. The highest BCUT2D eigenvalue weighted by molar-refractivity contribution is 9.10. The van der Waals surface area contributed by atoms with E-state index in [-0.39, 0.29) is 31.9 Å². The van der Waals surface area contributed by atoms with E-state index in [0.717, 1.165) is 26.7 Å². The molecule has 0 saturated carbocycles. The fourth-order valence-electron chi connectivity index (χ4n) is 5.43. The summed E-state index contributed by atoms with van der Waals surface area (Å²) in [6, 6.07) is 26.8. The van der Waals surface area contributed by atoms with Crippen molar-refractivity contribution in [1.29, 1.82) is 0 Å². The van der Waals surface area contributed by atoms with Gasteiger partial charge in [0.05, 0.1) is 19.2 Å². The van der Waals surface area contributed by atoms with Crippen LogP contribution in [0.15, 0.2) is 95.5 Å². The Bertz CT molecular complexity index is 1980. The van der Waals surface area contributed by atoms with E-state index in [2.05, 4.69) is 26.2 Å². The predicted molar refractivity (Wildman–Crippen MR) is 198 cm³/mol. The number of rotatable bonds is 13. The fraction of sp³-hybridized carbons (Fsp3) is 0.275. The molecule has 5 aromatic rings. The number of aromatic nitrogens is 1. The fourth-order valence-corrected chi connectivity index (χ4v) is 5.90. The molecule has 0 saturated heterocycles. The van der Waals surface area contributed by atoms with Crippen LogP contribution in [-0.2, 0) is 38.6 Å². The maximum atomic E-state index is 13.5. The van der Waals surface area contributed by atoms with E-state index >= 15 is 0 Å². The predicted octanol–water partition coefficient (Wildman–Crippen LogP) is 8.54. The second kappa shape index (κ2) is 16.6. The molecule has 0 spiro atoms. The van der Waals surface area contributed by atoms with Gasteiger partial charge < -0.3 is 34.0 Å². The number of methoxy groups -OCH3 is 1. The van der Waals surface area contributed by atoms with E-state index in [1.165, 1.54) is 0 Å². The van der Waals surface area contributed by atoms with Crippen LogP contribution in [0.25, 0.3) is 22.0 Å². The van der Waals surface area contributed by atoms with Gasteiger partial charge in [-0.25, -0.2) is 14.4 Å². The lowest BCUT2D eigenvalue weighted by Gasteiger charge is -2.25. The van der Waals surface area contributed by atoms with Gasteiger partial charge in [-0.1, -0.05) is 60.7 Å². The van der Waals surface area contributed by atoms with Crippen LogP contribution in [-0.4, -0.2) is 48.4 Å². The zero-order valence-corrected chi connectivity index (χ0v) is 30.8. The molecule has 1 heterocycles. The van der Waals surface area contributed by atoms with E-state index in [4.69, 9.17) is 23.7 Å². The quantitative estimate of drug-likeness (QED) is 0.0905. The second-order valence-corrected chi connectivity index (χ2v) is 13.6. The highest BCUT2D eigenvalue weighted by Gasteiger charge is 2.29. The maximum Gasteiger partial charge on any atom is 0.408 e. The minimum absolute atomic E-state index is 0.0326. The molecule has 0 aliphatic carbocycles. The smallest absolute Gasteiger partial charge is 0.408 e. The molecular weight excluding hydrogens is 716 g/mol. The number of carbonyl (C=O) groups is 3. The number of H-pyrrole nitrogens is 1. The Morgan fingerprint density at radius 1 is 0.843 bits per heavy atom. The summed E-state index contributed by atoms with van der Waals surface area (Å²) in [6.45, 7) is 7.46. The highest BCUT2D eigenvalue weighted by Crippen LogP contribution is 2.41. The molecule has 0 unspecified atom stereocenters. The lowest BCUT2D eigenvalue weighted by Crippen LogP contribution is -2.45. The Balaban J connectivity index is 1.54. The van der Waals surface area contributed by atoms with Crippen molar-refractivity contribution in [2.45, 2.75) is 59.0 Å². The summed E-state index contributed by atoms with van der Waals surface area (Å²) < 4.78 is 29.1. The average molecular weight is 758 g/mol. The molecule has 1 atom stereocenters. The SMILES string of the molecule is CCOC(=O)c1[nH]c2c(Br)cccc2c1-c1cc(C[C@H](NC(=O)OCc2ccccc2)C(=O)OC(C)(C)C)ccc1OCc1ccc(OC)cc1. The van der Waals surface area contributed by atoms with Gasteiger partial charge in [-0.3, -0.25) is 0 Å². The number of fused-ring (bicyclic) bond motifs is 1. The molecule has 0 aliphatic heterocycles. The number of alkyl carbamates (subject to hydrolysis) is 1. The molecule has 4 aromatic carbocycles. The van der Waals surface area contributed by atoms with Crippen LogP contribution >= 0.6 is 15.9 Å². The van der Waals surface area contributed by atoms with Crippen molar-refractivity contribution in [3.63, 3.8) is 0 Å². The van der Waals surface area contributed by atoms with Gasteiger partial charge >= 0.3 is 18.0 Å². The van der Waals surface area contributed by atoms with Gasteiger partial charge in [0.25, 0.3) is 0 Å². The van der Waals surface area contributed by atoms with Crippen molar-refractivity contribution in [1.82, 2.24) is 10.3 Å². The minimum atomic E-state index is -1.09. The monoisotopic (exact) mass is 756 g/mol. The summed E-state index contributed by atoms with van der Waals surface area (Å²) in [5, 5.41) is 3.46. The van der Waals surface area contributed by atoms with Gasteiger partial charge in [0, 0.05) is 27.4 Å². The molecule has 1 amide bonds. The lowest BCUT2D eigenvalue weighted by molar-refractivity contribution is -0.157. The third-order valence-electron chi connectivity index (χ3n) is 7.77. The molecule has 266 valence electrons. The van der Waals surface area contributed by atoms with Crippen molar-refractivity contribution in [2.75, 3.05) is 13.7 Å². The van der Waals surface area contributed by atoms with E-state index < -0.39 is 29.7 Å². The first-order valence-corrected chi connectivity index (χ1v) is 17.3. The number of esters is 2. The molecule has 2 N–H and O–H groups in total. The number of nitrogens with one attached hydrogen (secondary N) is 2. The third kappa shape index (κ3) is 9.70. The number of hydrogen-bond acceptors (Lipinski definition) is 8. The number of hydrogen-bond donors (Lipinski definition) is 2. The molecule has 5 rings (SSSR count). The van der Waals surface area contributed by atoms with E-state index in [1.807, 2.05) is 84.9 Å². The minimum Gasteiger partial charge on any atom is -0.497 e.